The van der Waals surface area contributed by atoms with Crippen LogP contribution in [0.4, 0.5) is 9.93 Å². The minimum Gasteiger partial charge on any atom is -0.315 e. The minimum atomic E-state index is -0.668. The molecule has 0 unspecified atom stereocenters. The van der Waals surface area contributed by atoms with Gasteiger partial charge in [0, 0.05) is 13.1 Å². The van der Waals surface area contributed by atoms with Crippen molar-refractivity contribution < 1.29 is 19.6 Å². The first-order valence-electron chi connectivity index (χ1n) is 9.47. The van der Waals surface area contributed by atoms with E-state index >= 15 is 0 Å². The molecule has 11 heteroatoms. The number of nitrogens with one attached hydrogen (secondary N) is 2. The SMILES string of the molecule is CCc1nnc(NC(=O)[C@@H]2CCCN2C(=O)N(CCC(C)C)CC(=O)NO)s1. The lowest BCUT2D eigenvalue weighted by atomic mass is 10.1. The summed E-state index contributed by atoms with van der Waals surface area (Å²) >= 11 is 1.31. The van der Waals surface area contributed by atoms with Crippen LogP contribution < -0.4 is 10.8 Å². The van der Waals surface area contributed by atoms with E-state index in [4.69, 9.17) is 5.21 Å². The van der Waals surface area contributed by atoms with Crippen LogP contribution in [0.15, 0.2) is 0 Å². The van der Waals surface area contributed by atoms with Crippen molar-refractivity contribution in [3.8, 4) is 0 Å². The summed E-state index contributed by atoms with van der Waals surface area (Å²) in [7, 11) is 0. The number of urea groups is 1. The molecule has 28 heavy (non-hydrogen) atoms. The van der Waals surface area contributed by atoms with E-state index < -0.39 is 11.9 Å². The largest absolute Gasteiger partial charge is 0.321 e. The standard InChI is InChI=1S/C17H28N6O4S/c1-4-14-19-20-16(28-14)18-15(25)12-6-5-8-23(12)17(26)22(9-7-11(2)3)10-13(24)21-27/h11-12,27H,4-10H2,1-3H3,(H,21,24)(H,18,20,25)/t12-/m0/s1. The molecule has 10 nitrogen and oxygen atoms in total. The van der Waals surface area contributed by atoms with Crippen LogP contribution in [0.3, 0.4) is 0 Å². The first-order chi connectivity index (χ1) is 13.3. The van der Waals surface area contributed by atoms with Gasteiger partial charge in [-0.3, -0.25) is 20.1 Å². The molecule has 1 aromatic heterocycles. The van der Waals surface area contributed by atoms with Crippen LogP contribution in [0, 0.1) is 5.92 Å². The summed E-state index contributed by atoms with van der Waals surface area (Å²) in [5.74, 6) is -0.631. The molecule has 1 saturated heterocycles. The lowest BCUT2D eigenvalue weighted by Gasteiger charge is -2.31. The van der Waals surface area contributed by atoms with Gasteiger partial charge in [-0.25, -0.2) is 10.3 Å². The van der Waals surface area contributed by atoms with Gasteiger partial charge in [-0.15, -0.1) is 10.2 Å². The van der Waals surface area contributed by atoms with Gasteiger partial charge in [0.25, 0.3) is 5.91 Å². The van der Waals surface area contributed by atoms with Crippen LogP contribution in [0.2, 0.25) is 0 Å². The van der Waals surface area contributed by atoms with Gasteiger partial charge >= 0.3 is 6.03 Å². The maximum absolute atomic E-state index is 13.0. The molecule has 0 bridgehead atoms. The van der Waals surface area contributed by atoms with Crippen LogP contribution in [0.5, 0.6) is 0 Å². The van der Waals surface area contributed by atoms with Crippen molar-refractivity contribution in [2.24, 2.45) is 5.92 Å². The number of carbonyl (C=O) groups is 3. The van der Waals surface area contributed by atoms with Crippen molar-refractivity contribution >= 4 is 34.3 Å². The molecule has 0 saturated carbocycles. The zero-order chi connectivity index (χ0) is 20.7. The highest BCUT2D eigenvalue weighted by Crippen LogP contribution is 2.22. The van der Waals surface area contributed by atoms with E-state index in [-0.39, 0.29) is 18.5 Å². The van der Waals surface area contributed by atoms with Crippen LogP contribution in [-0.2, 0) is 16.0 Å². The van der Waals surface area contributed by atoms with Crippen molar-refractivity contribution in [1.82, 2.24) is 25.5 Å². The number of likely N-dealkylation sites (tertiary alicyclic amines) is 1. The Morgan fingerprint density at radius 1 is 1.36 bits per heavy atom. The lowest BCUT2D eigenvalue weighted by Crippen LogP contribution is -2.51. The predicted molar refractivity (Wildman–Crippen MR) is 104 cm³/mol. The van der Waals surface area contributed by atoms with Gasteiger partial charge in [-0.05, 0) is 31.6 Å². The van der Waals surface area contributed by atoms with Crippen LogP contribution in [-0.4, -0.2) is 68.7 Å². The molecule has 1 aliphatic rings. The molecular weight excluding hydrogens is 384 g/mol. The fourth-order valence-electron chi connectivity index (χ4n) is 2.95. The number of anilines is 1. The molecule has 2 rings (SSSR count). The molecule has 0 radical (unpaired) electrons. The Balaban J connectivity index is 2.06. The van der Waals surface area contributed by atoms with Gasteiger partial charge in [0.15, 0.2) is 0 Å². The van der Waals surface area contributed by atoms with E-state index in [0.717, 1.165) is 11.4 Å². The van der Waals surface area contributed by atoms with Crippen molar-refractivity contribution in [3.63, 3.8) is 0 Å². The number of rotatable bonds is 8. The third kappa shape index (κ3) is 5.86. The third-order valence-corrected chi connectivity index (χ3v) is 5.49. The van der Waals surface area contributed by atoms with Crippen LogP contribution in [0.1, 0.15) is 45.0 Å². The molecule has 1 atom stereocenters. The Bertz CT molecular complexity index is 695. The first kappa shape index (κ1) is 22.0. The number of nitrogens with zero attached hydrogens (tertiary/aromatic N) is 4. The van der Waals surface area contributed by atoms with E-state index in [1.54, 1.807) is 5.48 Å². The monoisotopic (exact) mass is 412 g/mol. The predicted octanol–water partition coefficient (Wildman–Crippen LogP) is 1.48. The molecule has 156 valence electrons. The highest BCUT2D eigenvalue weighted by molar-refractivity contribution is 7.15. The second kappa shape index (κ2) is 10.3. The molecular formula is C17H28N6O4S. The van der Waals surface area contributed by atoms with E-state index in [1.165, 1.54) is 21.1 Å². The Morgan fingerprint density at radius 3 is 2.71 bits per heavy atom. The van der Waals surface area contributed by atoms with E-state index in [2.05, 4.69) is 15.5 Å². The highest BCUT2D eigenvalue weighted by atomic mass is 32.1. The van der Waals surface area contributed by atoms with E-state index in [1.807, 2.05) is 20.8 Å². The van der Waals surface area contributed by atoms with Crippen LogP contribution >= 0.6 is 11.3 Å². The average molecular weight is 413 g/mol. The van der Waals surface area contributed by atoms with Gasteiger partial charge in [-0.1, -0.05) is 32.1 Å². The van der Waals surface area contributed by atoms with Crippen molar-refractivity contribution in [2.75, 3.05) is 25.0 Å². The lowest BCUT2D eigenvalue weighted by molar-refractivity contribution is -0.129. The second-order valence-electron chi connectivity index (χ2n) is 7.12. The summed E-state index contributed by atoms with van der Waals surface area (Å²) < 4.78 is 0. The third-order valence-electron chi connectivity index (χ3n) is 4.51. The number of aryl methyl sites for hydroxylation is 1. The van der Waals surface area contributed by atoms with Crippen molar-refractivity contribution in [3.05, 3.63) is 5.01 Å². The molecule has 2 heterocycles. The highest BCUT2D eigenvalue weighted by Gasteiger charge is 2.37. The van der Waals surface area contributed by atoms with Crippen molar-refractivity contribution in [1.29, 1.82) is 0 Å². The minimum absolute atomic E-state index is 0.261. The molecule has 4 amide bonds. The summed E-state index contributed by atoms with van der Waals surface area (Å²) in [6.45, 7) is 6.54. The zero-order valence-corrected chi connectivity index (χ0v) is 17.3. The van der Waals surface area contributed by atoms with Crippen LogP contribution in [0.25, 0.3) is 0 Å². The van der Waals surface area contributed by atoms with Gasteiger partial charge < -0.3 is 9.80 Å². The summed E-state index contributed by atoms with van der Waals surface area (Å²) in [4.78, 5) is 40.2. The maximum atomic E-state index is 13.0. The zero-order valence-electron chi connectivity index (χ0n) is 16.5. The Labute approximate surface area is 168 Å². The Kier molecular flexibility index (Phi) is 8.12. The molecule has 1 aromatic rings. The van der Waals surface area contributed by atoms with E-state index in [0.29, 0.717) is 43.4 Å². The summed E-state index contributed by atoms with van der Waals surface area (Å²) in [6, 6.07) is -1.01. The average Bonchev–Trinajstić information content (AvgIpc) is 3.33. The van der Waals surface area contributed by atoms with E-state index in [9.17, 15) is 14.4 Å². The molecule has 1 aliphatic heterocycles. The number of hydrogen-bond donors (Lipinski definition) is 3. The smallest absolute Gasteiger partial charge is 0.315 e. The number of amides is 4. The fraction of sp³-hybridized carbons (Fsp3) is 0.706. The number of hydroxylamine groups is 1. The Morgan fingerprint density at radius 2 is 2.11 bits per heavy atom. The second-order valence-corrected chi connectivity index (χ2v) is 8.18. The number of aromatic nitrogens is 2. The molecule has 3 N–H and O–H groups in total. The van der Waals surface area contributed by atoms with Gasteiger partial charge in [0.1, 0.15) is 17.6 Å². The summed E-state index contributed by atoms with van der Waals surface area (Å²) in [6.07, 6.45) is 2.69. The maximum Gasteiger partial charge on any atom is 0.321 e. The van der Waals surface area contributed by atoms with Crippen molar-refractivity contribution in [2.45, 2.75) is 52.5 Å². The Hall–Kier alpha value is -2.27. The fourth-order valence-corrected chi connectivity index (χ4v) is 3.63. The quantitative estimate of drug-likeness (QED) is 0.438. The molecule has 0 aliphatic carbocycles. The number of hydrogen-bond acceptors (Lipinski definition) is 7. The van der Waals surface area contributed by atoms with Gasteiger partial charge in [0.05, 0.1) is 0 Å². The van der Waals surface area contributed by atoms with Gasteiger partial charge in [-0.2, -0.15) is 0 Å². The molecule has 1 fully saturated rings. The molecule has 0 spiro atoms. The summed E-state index contributed by atoms with van der Waals surface area (Å²) in [5.41, 5.74) is 1.56. The van der Waals surface area contributed by atoms with Gasteiger partial charge in [0.2, 0.25) is 11.0 Å². The topological polar surface area (TPSA) is 128 Å². The normalized spacial score (nSPS) is 16.3. The summed E-state index contributed by atoms with van der Waals surface area (Å²) in [5, 5.41) is 20.7. The number of carbonyl (C=O) groups excluding carboxylic acids is 3. The molecule has 0 aromatic carbocycles. The first-order valence-corrected chi connectivity index (χ1v) is 10.3.